The Labute approximate surface area is 193 Å². The monoisotopic (exact) mass is 481 g/mol. The molecule has 1 heterocycles. The quantitative estimate of drug-likeness (QED) is 0.219. The summed E-state index contributed by atoms with van der Waals surface area (Å²) in [5.41, 5.74) is 4.57. The van der Waals surface area contributed by atoms with Crippen LogP contribution >= 0.6 is 11.6 Å². The minimum Gasteiger partial charge on any atom is -0.436 e. The molecule has 0 aliphatic carbocycles. The van der Waals surface area contributed by atoms with E-state index in [1.165, 1.54) is 23.9 Å². The fourth-order valence-electron chi connectivity index (χ4n) is 3.30. The third kappa shape index (κ3) is 6.02. The summed E-state index contributed by atoms with van der Waals surface area (Å²) < 4.78 is 45.9. The third-order valence-corrected chi connectivity index (χ3v) is 5.30. The second-order valence-corrected chi connectivity index (χ2v) is 7.83. The number of hydrogen-bond donors (Lipinski definition) is 2. The largest absolute Gasteiger partial charge is 0.436 e. The van der Waals surface area contributed by atoms with E-state index in [0.717, 1.165) is 28.8 Å². The van der Waals surface area contributed by atoms with Gasteiger partial charge in [-0.3, -0.25) is 15.7 Å². The van der Waals surface area contributed by atoms with Gasteiger partial charge in [0, 0.05) is 12.9 Å². The lowest BCUT2D eigenvalue weighted by molar-refractivity contribution is -0.137. The molecule has 11 heteroatoms. The Kier molecular flexibility index (Phi) is 7.60. The number of nitrogens with zero attached hydrogens (tertiary/aromatic N) is 4. The summed E-state index contributed by atoms with van der Waals surface area (Å²) in [5, 5.41) is 17.5. The van der Waals surface area contributed by atoms with Crippen LogP contribution in [0.4, 0.5) is 13.2 Å². The first-order valence-corrected chi connectivity index (χ1v) is 10.5. The SMILES string of the molecule is Cc1ccc(CC(CCl)N=C(NO)c2c(Oc3cccc(C(F)(F)F)c3)nnn2C)c(C)c1. The van der Waals surface area contributed by atoms with Crippen molar-refractivity contribution in [1.82, 2.24) is 20.5 Å². The number of hydrogen-bond acceptors (Lipinski definition) is 5. The molecule has 33 heavy (non-hydrogen) atoms. The van der Waals surface area contributed by atoms with Gasteiger partial charge in [-0.1, -0.05) is 40.1 Å². The highest BCUT2D eigenvalue weighted by Gasteiger charge is 2.31. The molecule has 3 rings (SSSR count). The molecule has 2 aromatic carbocycles. The maximum absolute atomic E-state index is 13.0. The summed E-state index contributed by atoms with van der Waals surface area (Å²) in [7, 11) is 1.54. The molecule has 0 bridgehead atoms. The molecule has 1 unspecified atom stereocenters. The highest BCUT2D eigenvalue weighted by Crippen LogP contribution is 2.33. The number of ether oxygens (including phenoxy) is 1. The van der Waals surface area contributed by atoms with Gasteiger partial charge < -0.3 is 4.74 Å². The molecule has 7 nitrogen and oxygen atoms in total. The molecule has 0 spiro atoms. The Balaban J connectivity index is 1.91. The molecule has 176 valence electrons. The van der Waals surface area contributed by atoms with Gasteiger partial charge in [0.15, 0.2) is 11.5 Å². The van der Waals surface area contributed by atoms with Crippen LogP contribution in [0.1, 0.15) is 27.9 Å². The molecular formula is C22H23ClF3N5O2. The number of nitrogens with one attached hydrogen (secondary N) is 1. The van der Waals surface area contributed by atoms with Gasteiger partial charge in [-0.25, -0.2) is 4.68 Å². The summed E-state index contributed by atoms with van der Waals surface area (Å²) in [5.74, 6) is -0.0852. The van der Waals surface area contributed by atoms with Crippen LogP contribution in [-0.2, 0) is 19.6 Å². The Morgan fingerprint density at radius 3 is 2.64 bits per heavy atom. The fourth-order valence-corrected chi connectivity index (χ4v) is 3.48. The van der Waals surface area contributed by atoms with Crippen molar-refractivity contribution < 1.29 is 23.1 Å². The van der Waals surface area contributed by atoms with E-state index >= 15 is 0 Å². The van der Waals surface area contributed by atoms with E-state index in [0.29, 0.717) is 6.42 Å². The van der Waals surface area contributed by atoms with Crippen LogP contribution in [0.2, 0.25) is 0 Å². The van der Waals surface area contributed by atoms with Crippen molar-refractivity contribution >= 4 is 17.4 Å². The van der Waals surface area contributed by atoms with Gasteiger partial charge in [0.1, 0.15) is 5.75 Å². The van der Waals surface area contributed by atoms with Crippen molar-refractivity contribution in [3.8, 4) is 11.6 Å². The lowest BCUT2D eigenvalue weighted by Crippen LogP contribution is -2.27. The Hall–Kier alpha value is -3.11. The van der Waals surface area contributed by atoms with Crippen molar-refractivity contribution in [1.29, 1.82) is 0 Å². The molecule has 0 aliphatic rings. The Morgan fingerprint density at radius 1 is 1.24 bits per heavy atom. The number of rotatable bonds is 7. The summed E-state index contributed by atoms with van der Waals surface area (Å²) in [6.07, 6.45) is -4.01. The van der Waals surface area contributed by atoms with E-state index in [1.807, 2.05) is 31.5 Å². The molecule has 0 fully saturated rings. The zero-order valence-electron chi connectivity index (χ0n) is 18.2. The van der Waals surface area contributed by atoms with Crippen LogP contribution in [-0.4, -0.2) is 38.0 Å². The van der Waals surface area contributed by atoms with Gasteiger partial charge in [0.25, 0.3) is 5.88 Å². The number of alkyl halides is 4. The predicted molar refractivity (Wildman–Crippen MR) is 118 cm³/mol. The van der Waals surface area contributed by atoms with Crippen molar-refractivity contribution in [2.45, 2.75) is 32.5 Å². The number of aryl methyl sites for hydroxylation is 3. The van der Waals surface area contributed by atoms with E-state index in [-0.39, 0.29) is 29.0 Å². The molecule has 3 aromatic rings. The molecule has 1 atom stereocenters. The van der Waals surface area contributed by atoms with Gasteiger partial charge in [0.2, 0.25) is 0 Å². The minimum absolute atomic E-state index is 0.0279. The number of benzene rings is 2. The molecule has 0 aliphatic heterocycles. The van der Waals surface area contributed by atoms with E-state index in [2.05, 4.69) is 21.4 Å². The van der Waals surface area contributed by atoms with Crippen molar-refractivity contribution in [2.24, 2.45) is 12.0 Å². The van der Waals surface area contributed by atoms with Gasteiger partial charge in [0.05, 0.1) is 11.6 Å². The van der Waals surface area contributed by atoms with Crippen LogP contribution in [0.5, 0.6) is 11.6 Å². The maximum atomic E-state index is 13.0. The molecule has 1 aromatic heterocycles. The van der Waals surface area contributed by atoms with E-state index in [1.54, 1.807) is 0 Å². The fraction of sp³-hybridized carbons (Fsp3) is 0.318. The zero-order valence-corrected chi connectivity index (χ0v) is 18.9. The number of halogens is 4. The molecule has 0 saturated carbocycles. The summed E-state index contributed by atoms with van der Waals surface area (Å²) >= 11 is 6.14. The van der Waals surface area contributed by atoms with Gasteiger partial charge >= 0.3 is 6.18 Å². The van der Waals surface area contributed by atoms with E-state index in [9.17, 15) is 18.4 Å². The molecule has 0 radical (unpaired) electrons. The highest BCUT2D eigenvalue weighted by molar-refractivity contribution is 6.18. The predicted octanol–water partition coefficient (Wildman–Crippen LogP) is 4.82. The lowest BCUT2D eigenvalue weighted by Gasteiger charge is -2.15. The van der Waals surface area contributed by atoms with Crippen LogP contribution in [0.15, 0.2) is 47.5 Å². The normalized spacial score (nSPS) is 13.2. The summed E-state index contributed by atoms with van der Waals surface area (Å²) in [6, 6.07) is 10.0. The number of amidine groups is 1. The first-order chi connectivity index (χ1) is 15.6. The zero-order chi connectivity index (χ0) is 24.2. The second-order valence-electron chi connectivity index (χ2n) is 7.53. The van der Waals surface area contributed by atoms with Gasteiger partial charge in [-0.2, -0.15) is 13.2 Å². The van der Waals surface area contributed by atoms with Crippen LogP contribution in [0, 0.1) is 13.8 Å². The van der Waals surface area contributed by atoms with Crippen LogP contribution < -0.4 is 10.2 Å². The molecule has 0 saturated heterocycles. The van der Waals surface area contributed by atoms with Crippen molar-refractivity contribution in [3.63, 3.8) is 0 Å². The van der Waals surface area contributed by atoms with E-state index < -0.39 is 17.8 Å². The molecule has 2 N–H and O–H groups in total. The lowest BCUT2D eigenvalue weighted by atomic mass is 10.00. The Morgan fingerprint density at radius 2 is 2.00 bits per heavy atom. The molecule has 0 amide bonds. The standard InChI is InChI=1S/C22H23ClF3N5O2/c1-13-7-8-15(14(2)9-13)10-17(12-23)27-20(29-32)19-21(28-30-31(19)3)33-18-6-4-5-16(11-18)22(24,25)26/h4-9,11,17,32H,10,12H2,1-3H3,(H,27,29). The number of hydroxylamine groups is 1. The highest BCUT2D eigenvalue weighted by atomic mass is 35.5. The first kappa shape index (κ1) is 24.5. The van der Waals surface area contributed by atoms with Crippen LogP contribution in [0.3, 0.4) is 0 Å². The smallest absolute Gasteiger partial charge is 0.416 e. The molecular weight excluding hydrogens is 459 g/mol. The summed E-state index contributed by atoms with van der Waals surface area (Å²) in [6.45, 7) is 4.00. The third-order valence-electron chi connectivity index (χ3n) is 4.95. The number of aromatic nitrogens is 3. The maximum Gasteiger partial charge on any atom is 0.416 e. The Bertz CT molecular complexity index is 1150. The number of aliphatic imine (C=N–C) groups is 1. The van der Waals surface area contributed by atoms with Crippen molar-refractivity contribution in [3.05, 3.63) is 70.4 Å². The first-order valence-electron chi connectivity index (χ1n) is 9.97. The average Bonchev–Trinajstić information content (AvgIpc) is 3.12. The average molecular weight is 482 g/mol. The topological polar surface area (TPSA) is 84.6 Å². The van der Waals surface area contributed by atoms with Crippen LogP contribution in [0.25, 0.3) is 0 Å². The van der Waals surface area contributed by atoms with Crippen molar-refractivity contribution in [2.75, 3.05) is 5.88 Å². The van der Waals surface area contributed by atoms with E-state index in [4.69, 9.17) is 16.3 Å². The second kappa shape index (κ2) is 10.2. The van der Waals surface area contributed by atoms with Gasteiger partial charge in [-0.15, -0.1) is 11.6 Å². The van der Waals surface area contributed by atoms with Gasteiger partial charge in [-0.05, 0) is 49.6 Å². The minimum atomic E-state index is -4.52. The summed E-state index contributed by atoms with van der Waals surface area (Å²) in [4.78, 5) is 4.50.